The number of oxazole rings is 1. The van der Waals surface area contributed by atoms with Gasteiger partial charge in [0.1, 0.15) is 11.3 Å². The van der Waals surface area contributed by atoms with Crippen LogP contribution in [-0.2, 0) is 0 Å². The molecule has 1 N–H and O–H groups in total. The van der Waals surface area contributed by atoms with Crippen LogP contribution in [0.4, 0.5) is 11.5 Å². The number of aromatic nitrogens is 4. The highest BCUT2D eigenvalue weighted by atomic mass is 16.3. The fourth-order valence-corrected chi connectivity index (χ4v) is 3.21. The Kier molecular flexibility index (Phi) is 4.17. The molecule has 6 nitrogen and oxygen atoms in total. The highest BCUT2D eigenvalue weighted by Crippen LogP contribution is 2.29. The fraction of sp³-hybridized carbons (Fsp3) is 0.130. The fourth-order valence-electron chi connectivity index (χ4n) is 3.21. The van der Waals surface area contributed by atoms with Gasteiger partial charge in [-0.05, 0) is 36.4 Å². The lowest BCUT2D eigenvalue weighted by atomic mass is 10.2. The van der Waals surface area contributed by atoms with Crippen LogP contribution in [0.15, 0.2) is 71.4 Å². The first kappa shape index (κ1) is 17.3. The van der Waals surface area contributed by atoms with E-state index in [0.717, 1.165) is 45.0 Å². The van der Waals surface area contributed by atoms with Gasteiger partial charge in [0, 0.05) is 41.0 Å². The minimum atomic E-state index is 0.243. The van der Waals surface area contributed by atoms with E-state index in [1.165, 1.54) is 0 Å². The molecule has 5 aromatic rings. The molecule has 0 saturated heterocycles. The van der Waals surface area contributed by atoms with Crippen molar-refractivity contribution in [3.8, 4) is 11.4 Å². The van der Waals surface area contributed by atoms with Gasteiger partial charge in [-0.1, -0.05) is 26.0 Å². The van der Waals surface area contributed by atoms with Crippen LogP contribution in [0, 0.1) is 0 Å². The van der Waals surface area contributed by atoms with Gasteiger partial charge in [-0.3, -0.25) is 4.98 Å². The van der Waals surface area contributed by atoms with Gasteiger partial charge in [0.05, 0.1) is 5.52 Å². The molecular weight excluding hydrogens is 362 g/mol. The topological polar surface area (TPSA) is 76.7 Å². The minimum absolute atomic E-state index is 0.243. The van der Waals surface area contributed by atoms with Crippen molar-refractivity contribution < 1.29 is 4.42 Å². The molecule has 0 unspecified atom stereocenters. The summed E-state index contributed by atoms with van der Waals surface area (Å²) in [6.45, 7) is 4.13. The average Bonchev–Trinajstić information content (AvgIpc) is 3.18. The molecule has 142 valence electrons. The number of nitrogens with one attached hydrogen (secondary N) is 1. The molecule has 0 aliphatic heterocycles. The lowest BCUT2D eigenvalue weighted by Crippen LogP contribution is -1.99. The number of hydrogen-bond donors (Lipinski definition) is 1. The van der Waals surface area contributed by atoms with E-state index in [-0.39, 0.29) is 5.92 Å². The molecule has 0 radical (unpaired) electrons. The van der Waals surface area contributed by atoms with Gasteiger partial charge in [-0.25, -0.2) is 15.0 Å². The Morgan fingerprint density at radius 2 is 1.69 bits per heavy atom. The van der Waals surface area contributed by atoms with Gasteiger partial charge >= 0.3 is 0 Å². The normalized spacial score (nSPS) is 11.4. The van der Waals surface area contributed by atoms with Crippen molar-refractivity contribution in [1.82, 2.24) is 19.9 Å². The van der Waals surface area contributed by atoms with Crippen LogP contribution >= 0.6 is 0 Å². The van der Waals surface area contributed by atoms with E-state index in [4.69, 9.17) is 14.4 Å². The Morgan fingerprint density at radius 1 is 0.862 bits per heavy atom. The van der Waals surface area contributed by atoms with E-state index in [1.807, 2.05) is 54.6 Å². The summed E-state index contributed by atoms with van der Waals surface area (Å²) in [4.78, 5) is 18.1. The number of benzene rings is 2. The third kappa shape index (κ3) is 3.29. The zero-order valence-corrected chi connectivity index (χ0v) is 16.1. The van der Waals surface area contributed by atoms with Crippen molar-refractivity contribution in [2.75, 3.05) is 5.32 Å². The number of para-hydroxylation sites is 1. The van der Waals surface area contributed by atoms with Gasteiger partial charge in [0.15, 0.2) is 17.3 Å². The van der Waals surface area contributed by atoms with Crippen molar-refractivity contribution in [3.63, 3.8) is 0 Å². The van der Waals surface area contributed by atoms with Crippen molar-refractivity contribution >= 4 is 33.5 Å². The van der Waals surface area contributed by atoms with Crippen LogP contribution < -0.4 is 5.32 Å². The maximum absolute atomic E-state index is 5.90. The molecule has 29 heavy (non-hydrogen) atoms. The summed E-state index contributed by atoms with van der Waals surface area (Å²) in [5.41, 5.74) is 4.28. The Morgan fingerprint density at radius 3 is 2.52 bits per heavy atom. The molecule has 0 fully saturated rings. The number of pyridine rings is 1. The summed E-state index contributed by atoms with van der Waals surface area (Å²) in [5, 5.41) is 4.38. The number of fused-ring (bicyclic) bond motifs is 2. The number of hydrogen-bond acceptors (Lipinski definition) is 6. The molecule has 5 rings (SSSR count). The Balaban J connectivity index is 1.60. The summed E-state index contributed by atoms with van der Waals surface area (Å²) in [5.74, 6) is 2.37. The Hall–Kier alpha value is -3.80. The molecule has 0 saturated carbocycles. The Labute approximate surface area is 167 Å². The van der Waals surface area contributed by atoms with Crippen molar-refractivity contribution in [3.05, 3.63) is 72.9 Å². The van der Waals surface area contributed by atoms with Crippen molar-refractivity contribution in [2.45, 2.75) is 19.8 Å². The summed E-state index contributed by atoms with van der Waals surface area (Å²) in [7, 11) is 0. The molecule has 0 spiro atoms. The van der Waals surface area contributed by atoms with Gasteiger partial charge in [-0.15, -0.1) is 0 Å². The predicted molar refractivity (Wildman–Crippen MR) is 114 cm³/mol. The molecule has 0 atom stereocenters. The standard InChI is InChI=1S/C23H19N5O/c1-14(2)23-27-19-8-7-16(13-20(19)29-23)25-22-17-5-3-4-6-18(17)26-21(28-22)15-9-11-24-12-10-15/h3-14H,1-2H3,(H,25,26,28). The van der Waals surface area contributed by atoms with Crippen LogP contribution in [0.3, 0.4) is 0 Å². The SMILES string of the molecule is CC(C)c1nc2ccc(Nc3nc(-c4ccncc4)nc4ccccc34)cc2o1. The first-order chi connectivity index (χ1) is 14.2. The zero-order chi connectivity index (χ0) is 19.8. The van der Waals surface area contributed by atoms with Crippen LogP contribution in [0.1, 0.15) is 25.7 Å². The molecule has 0 bridgehead atoms. The second-order valence-electron chi connectivity index (χ2n) is 7.16. The van der Waals surface area contributed by atoms with Crippen LogP contribution in [-0.4, -0.2) is 19.9 Å². The van der Waals surface area contributed by atoms with E-state index in [9.17, 15) is 0 Å². The first-order valence-corrected chi connectivity index (χ1v) is 9.52. The minimum Gasteiger partial charge on any atom is -0.440 e. The molecule has 0 aliphatic rings. The monoisotopic (exact) mass is 381 g/mol. The van der Waals surface area contributed by atoms with Crippen molar-refractivity contribution in [1.29, 1.82) is 0 Å². The third-order valence-electron chi connectivity index (χ3n) is 4.70. The van der Waals surface area contributed by atoms with Gasteiger partial charge in [0.25, 0.3) is 0 Å². The molecule has 3 heterocycles. The lowest BCUT2D eigenvalue weighted by Gasteiger charge is -2.11. The Bertz CT molecular complexity index is 1310. The van der Waals surface area contributed by atoms with Gasteiger partial charge < -0.3 is 9.73 Å². The van der Waals surface area contributed by atoms with E-state index >= 15 is 0 Å². The largest absolute Gasteiger partial charge is 0.440 e. The molecular formula is C23H19N5O. The van der Waals surface area contributed by atoms with Crippen LogP contribution in [0.2, 0.25) is 0 Å². The summed E-state index contributed by atoms with van der Waals surface area (Å²) < 4.78 is 5.90. The maximum Gasteiger partial charge on any atom is 0.198 e. The molecule has 0 aliphatic carbocycles. The number of nitrogens with zero attached hydrogens (tertiary/aromatic N) is 4. The van der Waals surface area contributed by atoms with E-state index in [2.05, 4.69) is 29.1 Å². The number of rotatable bonds is 4. The summed E-state index contributed by atoms with van der Waals surface area (Å²) in [6.07, 6.45) is 3.48. The summed E-state index contributed by atoms with van der Waals surface area (Å²) in [6, 6.07) is 17.7. The maximum atomic E-state index is 5.90. The second-order valence-corrected chi connectivity index (χ2v) is 7.16. The highest BCUT2D eigenvalue weighted by Gasteiger charge is 2.12. The second kappa shape index (κ2) is 6.98. The first-order valence-electron chi connectivity index (χ1n) is 9.52. The van der Waals surface area contributed by atoms with E-state index in [0.29, 0.717) is 5.82 Å². The van der Waals surface area contributed by atoms with Crippen LogP contribution in [0.25, 0.3) is 33.4 Å². The quantitative estimate of drug-likeness (QED) is 0.430. The van der Waals surface area contributed by atoms with Crippen molar-refractivity contribution in [2.24, 2.45) is 0 Å². The zero-order valence-electron chi connectivity index (χ0n) is 16.1. The lowest BCUT2D eigenvalue weighted by molar-refractivity contribution is 0.501. The predicted octanol–water partition coefficient (Wildman–Crippen LogP) is 5.70. The molecule has 0 amide bonds. The molecule has 3 aromatic heterocycles. The van der Waals surface area contributed by atoms with Gasteiger partial charge in [0.2, 0.25) is 0 Å². The highest BCUT2D eigenvalue weighted by molar-refractivity contribution is 5.93. The number of anilines is 2. The van der Waals surface area contributed by atoms with E-state index in [1.54, 1.807) is 12.4 Å². The van der Waals surface area contributed by atoms with Gasteiger partial charge in [-0.2, -0.15) is 0 Å². The summed E-state index contributed by atoms with van der Waals surface area (Å²) >= 11 is 0. The van der Waals surface area contributed by atoms with E-state index < -0.39 is 0 Å². The third-order valence-corrected chi connectivity index (χ3v) is 4.70. The van der Waals surface area contributed by atoms with Crippen LogP contribution in [0.5, 0.6) is 0 Å². The average molecular weight is 381 g/mol. The smallest absolute Gasteiger partial charge is 0.198 e. The molecule has 2 aromatic carbocycles. The molecule has 6 heteroatoms.